The second-order valence-corrected chi connectivity index (χ2v) is 3.94. The SMILES string of the molecule is CCCC[C@H](NC(=O)NCc1cnc[nH]1)C(=O)O. The number of nitrogens with zero attached hydrogens (tertiary/aromatic N) is 1. The van der Waals surface area contributed by atoms with E-state index in [1.54, 1.807) is 6.20 Å². The standard InChI is InChI=1S/C11H18N4O3/c1-2-3-4-9(10(16)17)15-11(18)13-6-8-5-12-7-14-8/h5,7,9H,2-4,6H2,1H3,(H,12,14)(H,16,17)(H2,13,15,18)/t9-/m0/s1. The molecule has 1 atom stereocenters. The van der Waals surface area contributed by atoms with E-state index in [0.29, 0.717) is 6.42 Å². The lowest BCUT2D eigenvalue weighted by molar-refractivity contribution is -0.139. The zero-order valence-corrected chi connectivity index (χ0v) is 10.3. The number of H-pyrrole nitrogens is 1. The van der Waals surface area contributed by atoms with E-state index in [1.807, 2.05) is 6.92 Å². The first-order valence-corrected chi connectivity index (χ1v) is 5.88. The van der Waals surface area contributed by atoms with Gasteiger partial charge in [-0.15, -0.1) is 0 Å². The molecule has 0 aliphatic carbocycles. The summed E-state index contributed by atoms with van der Waals surface area (Å²) in [5.74, 6) is -1.01. The Hall–Kier alpha value is -2.05. The molecule has 0 aromatic carbocycles. The van der Waals surface area contributed by atoms with Gasteiger partial charge in [0.05, 0.1) is 18.6 Å². The average molecular weight is 254 g/mol. The summed E-state index contributed by atoms with van der Waals surface area (Å²) in [6, 6.07) is -1.33. The number of unbranched alkanes of at least 4 members (excludes halogenated alkanes) is 1. The third-order valence-electron chi connectivity index (χ3n) is 2.44. The van der Waals surface area contributed by atoms with E-state index in [2.05, 4.69) is 20.6 Å². The number of carbonyl (C=O) groups excluding carboxylic acids is 1. The van der Waals surface area contributed by atoms with Crippen molar-refractivity contribution in [1.82, 2.24) is 20.6 Å². The van der Waals surface area contributed by atoms with E-state index in [4.69, 9.17) is 5.11 Å². The molecule has 2 amide bonds. The average Bonchev–Trinajstić information content (AvgIpc) is 2.84. The van der Waals surface area contributed by atoms with E-state index in [9.17, 15) is 9.59 Å². The summed E-state index contributed by atoms with van der Waals surface area (Å²) in [6.45, 7) is 2.25. The Morgan fingerprint density at radius 3 is 2.89 bits per heavy atom. The van der Waals surface area contributed by atoms with Gasteiger partial charge in [0.1, 0.15) is 6.04 Å². The van der Waals surface area contributed by atoms with E-state index >= 15 is 0 Å². The summed E-state index contributed by atoms with van der Waals surface area (Å²) in [7, 11) is 0. The Kier molecular flexibility index (Phi) is 5.69. The quantitative estimate of drug-likeness (QED) is 0.578. The zero-order valence-electron chi connectivity index (χ0n) is 10.3. The van der Waals surface area contributed by atoms with Crippen LogP contribution >= 0.6 is 0 Å². The molecule has 100 valence electrons. The molecule has 0 bridgehead atoms. The fourth-order valence-corrected chi connectivity index (χ4v) is 1.43. The third-order valence-corrected chi connectivity index (χ3v) is 2.44. The number of carboxylic acid groups (broad SMARTS) is 1. The number of rotatable bonds is 7. The number of hydrogen-bond donors (Lipinski definition) is 4. The molecule has 0 fully saturated rings. The van der Waals surface area contributed by atoms with Gasteiger partial charge in [-0.05, 0) is 6.42 Å². The third kappa shape index (κ3) is 4.86. The minimum atomic E-state index is -1.01. The number of aromatic amines is 1. The van der Waals surface area contributed by atoms with Crippen molar-refractivity contribution in [1.29, 1.82) is 0 Å². The lowest BCUT2D eigenvalue weighted by Gasteiger charge is -2.14. The van der Waals surface area contributed by atoms with Crippen LogP contribution in [0, 0.1) is 0 Å². The molecule has 1 rings (SSSR count). The minimum absolute atomic E-state index is 0.284. The summed E-state index contributed by atoms with van der Waals surface area (Å²) in [6.07, 6.45) is 5.19. The molecule has 1 aromatic heterocycles. The first kappa shape index (κ1) is 14.0. The number of imidazole rings is 1. The van der Waals surface area contributed by atoms with Crippen molar-refractivity contribution >= 4 is 12.0 Å². The molecule has 0 radical (unpaired) electrons. The summed E-state index contributed by atoms with van der Waals surface area (Å²) in [5.41, 5.74) is 0.755. The Balaban J connectivity index is 2.34. The van der Waals surface area contributed by atoms with E-state index in [0.717, 1.165) is 18.5 Å². The monoisotopic (exact) mass is 254 g/mol. The summed E-state index contributed by atoms with van der Waals surface area (Å²) in [5, 5.41) is 13.9. The van der Waals surface area contributed by atoms with Gasteiger partial charge in [0, 0.05) is 6.20 Å². The van der Waals surface area contributed by atoms with Gasteiger partial charge >= 0.3 is 12.0 Å². The van der Waals surface area contributed by atoms with Crippen molar-refractivity contribution in [3.05, 3.63) is 18.2 Å². The predicted octanol–water partition coefficient (Wildman–Crippen LogP) is 0.852. The maximum atomic E-state index is 11.5. The molecule has 18 heavy (non-hydrogen) atoms. The lowest BCUT2D eigenvalue weighted by Crippen LogP contribution is -2.45. The molecule has 0 aliphatic heterocycles. The number of carboxylic acids is 1. The molecule has 1 aromatic rings. The van der Waals surface area contributed by atoms with Crippen LogP contribution in [0.1, 0.15) is 31.9 Å². The van der Waals surface area contributed by atoms with Crippen LogP contribution in [-0.4, -0.2) is 33.1 Å². The summed E-state index contributed by atoms with van der Waals surface area (Å²) in [4.78, 5) is 29.1. The highest BCUT2D eigenvalue weighted by molar-refractivity contribution is 5.82. The fraction of sp³-hybridized carbons (Fsp3) is 0.545. The number of aromatic nitrogens is 2. The molecular weight excluding hydrogens is 236 g/mol. The van der Waals surface area contributed by atoms with Crippen molar-refractivity contribution in [2.45, 2.75) is 38.8 Å². The lowest BCUT2D eigenvalue weighted by atomic mass is 10.1. The first-order valence-electron chi connectivity index (χ1n) is 5.88. The van der Waals surface area contributed by atoms with Crippen molar-refractivity contribution in [3.63, 3.8) is 0 Å². The maximum absolute atomic E-state index is 11.5. The van der Waals surface area contributed by atoms with E-state index in [-0.39, 0.29) is 6.54 Å². The molecule has 0 aliphatic rings. The van der Waals surface area contributed by atoms with Crippen molar-refractivity contribution < 1.29 is 14.7 Å². The van der Waals surface area contributed by atoms with Gasteiger partial charge in [-0.2, -0.15) is 0 Å². The minimum Gasteiger partial charge on any atom is -0.480 e. The number of nitrogens with one attached hydrogen (secondary N) is 3. The highest BCUT2D eigenvalue weighted by atomic mass is 16.4. The molecular formula is C11H18N4O3. The van der Waals surface area contributed by atoms with Gasteiger partial charge in [0.15, 0.2) is 0 Å². The van der Waals surface area contributed by atoms with Crippen LogP contribution in [0.3, 0.4) is 0 Å². The summed E-state index contributed by atoms with van der Waals surface area (Å²) >= 11 is 0. The molecule has 0 saturated heterocycles. The number of amides is 2. The van der Waals surface area contributed by atoms with Crippen molar-refractivity contribution in [2.24, 2.45) is 0 Å². The van der Waals surface area contributed by atoms with Gasteiger partial charge in [0.25, 0.3) is 0 Å². The summed E-state index contributed by atoms with van der Waals surface area (Å²) < 4.78 is 0. The van der Waals surface area contributed by atoms with Gasteiger partial charge in [-0.25, -0.2) is 14.6 Å². The topological polar surface area (TPSA) is 107 Å². The van der Waals surface area contributed by atoms with Gasteiger partial charge in [0.2, 0.25) is 0 Å². The zero-order chi connectivity index (χ0) is 13.4. The molecule has 4 N–H and O–H groups in total. The number of hydrogen-bond acceptors (Lipinski definition) is 3. The highest BCUT2D eigenvalue weighted by Crippen LogP contribution is 2.00. The molecule has 0 spiro atoms. The Morgan fingerprint density at radius 2 is 2.33 bits per heavy atom. The van der Waals surface area contributed by atoms with Crippen molar-refractivity contribution in [3.8, 4) is 0 Å². The van der Waals surface area contributed by atoms with Crippen LogP contribution in [0.2, 0.25) is 0 Å². The molecule has 7 nitrogen and oxygen atoms in total. The molecule has 1 heterocycles. The Bertz CT molecular complexity index is 378. The molecule has 0 saturated carbocycles. The fourth-order valence-electron chi connectivity index (χ4n) is 1.43. The Labute approximate surface area is 105 Å². The van der Waals surface area contributed by atoms with Gasteiger partial charge in [-0.1, -0.05) is 19.8 Å². The second-order valence-electron chi connectivity index (χ2n) is 3.94. The highest BCUT2D eigenvalue weighted by Gasteiger charge is 2.18. The number of aliphatic carboxylic acids is 1. The Morgan fingerprint density at radius 1 is 1.56 bits per heavy atom. The van der Waals surface area contributed by atoms with Crippen LogP contribution in [0.15, 0.2) is 12.5 Å². The largest absolute Gasteiger partial charge is 0.480 e. The van der Waals surface area contributed by atoms with E-state index in [1.165, 1.54) is 6.33 Å². The van der Waals surface area contributed by atoms with Gasteiger partial charge < -0.3 is 20.7 Å². The number of carbonyl (C=O) groups is 2. The van der Waals surface area contributed by atoms with Crippen LogP contribution in [0.5, 0.6) is 0 Å². The van der Waals surface area contributed by atoms with Crippen LogP contribution in [0.25, 0.3) is 0 Å². The molecule has 0 unspecified atom stereocenters. The normalized spacial score (nSPS) is 11.8. The van der Waals surface area contributed by atoms with E-state index < -0.39 is 18.0 Å². The van der Waals surface area contributed by atoms with Crippen molar-refractivity contribution in [2.75, 3.05) is 0 Å². The second kappa shape index (κ2) is 7.31. The van der Waals surface area contributed by atoms with Crippen LogP contribution in [-0.2, 0) is 11.3 Å². The van der Waals surface area contributed by atoms with Crippen LogP contribution in [0.4, 0.5) is 4.79 Å². The number of urea groups is 1. The van der Waals surface area contributed by atoms with Gasteiger partial charge in [-0.3, -0.25) is 0 Å². The maximum Gasteiger partial charge on any atom is 0.326 e. The predicted molar refractivity (Wildman–Crippen MR) is 64.9 cm³/mol. The van der Waals surface area contributed by atoms with Crippen LogP contribution < -0.4 is 10.6 Å². The molecule has 7 heteroatoms. The smallest absolute Gasteiger partial charge is 0.326 e. The first-order chi connectivity index (χ1) is 8.63.